The van der Waals surface area contributed by atoms with Crippen LogP contribution in [0.3, 0.4) is 0 Å². The molecule has 3 rings (SSSR count). The molecule has 8 heteroatoms. The van der Waals surface area contributed by atoms with E-state index >= 15 is 0 Å². The van der Waals surface area contributed by atoms with Crippen LogP contribution in [0.5, 0.6) is 5.75 Å². The lowest BCUT2D eigenvalue weighted by Gasteiger charge is -2.22. The SMILES string of the molecule is CCN(C(=O)CCS(=O)(=O)c1ccc2c(c1)OCC(=O)N2)c1cccc(C)c1. The first-order valence-corrected chi connectivity index (χ1v) is 10.6. The van der Waals surface area contributed by atoms with E-state index in [1.54, 1.807) is 4.90 Å². The molecule has 0 bridgehead atoms. The third-order valence-corrected chi connectivity index (χ3v) is 6.17. The summed E-state index contributed by atoms with van der Waals surface area (Å²) in [6.07, 6.45) is -0.126. The molecule has 1 aliphatic rings. The minimum absolute atomic E-state index is 0.0637. The second-order valence-corrected chi connectivity index (χ2v) is 8.65. The summed E-state index contributed by atoms with van der Waals surface area (Å²) >= 11 is 0. The van der Waals surface area contributed by atoms with Crippen molar-refractivity contribution in [3.63, 3.8) is 0 Å². The van der Waals surface area contributed by atoms with Gasteiger partial charge in [-0.1, -0.05) is 12.1 Å². The van der Waals surface area contributed by atoms with Crippen molar-refractivity contribution in [3.8, 4) is 5.75 Å². The lowest BCUT2D eigenvalue weighted by Crippen LogP contribution is -2.32. The third kappa shape index (κ3) is 4.33. The van der Waals surface area contributed by atoms with E-state index in [4.69, 9.17) is 4.74 Å². The normalized spacial score (nSPS) is 13.3. The molecule has 2 aromatic carbocycles. The molecular weight excluding hydrogens is 380 g/mol. The van der Waals surface area contributed by atoms with Gasteiger partial charge in [0.25, 0.3) is 5.91 Å². The molecule has 0 saturated carbocycles. The van der Waals surface area contributed by atoms with Crippen LogP contribution in [0.15, 0.2) is 47.4 Å². The van der Waals surface area contributed by atoms with Crippen molar-refractivity contribution in [1.29, 1.82) is 0 Å². The summed E-state index contributed by atoms with van der Waals surface area (Å²) < 4.78 is 30.6. The van der Waals surface area contributed by atoms with E-state index in [1.165, 1.54) is 18.2 Å². The standard InChI is InChI=1S/C20H22N2O5S/c1-3-22(15-6-4-5-14(2)11-15)20(24)9-10-28(25,26)16-7-8-17-18(12-16)27-13-19(23)21-17/h4-8,11-12H,3,9-10,13H2,1-2H3,(H,21,23). The maximum Gasteiger partial charge on any atom is 0.262 e. The highest BCUT2D eigenvalue weighted by molar-refractivity contribution is 7.91. The number of carbonyl (C=O) groups excluding carboxylic acids is 2. The van der Waals surface area contributed by atoms with Crippen LogP contribution in [0.25, 0.3) is 0 Å². The van der Waals surface area contributed by atoms with Crippen LogP contribution in [-0.4, -0.2) is 39.1 Å². The molecule has 2 amide bonds. The Morgan fingerprint density at radius 2 is 2.00 bits per heavy atom. The van der Waals surface area contributed by atoms with Crippen molar-refractivity contribution in [2.45, 2.75) is 25.2 Å². The van der Waals surface area contributed by atoms with E-state index in [1.807, 2.05) is 38.1 Å². The Kier molecular flexibility index (Phi) is 5.69. The number of sulfone groups is 1. The van der Waals surface area contributed by atoms with Gasteiger partial charge in [-0.15, -0.1) is 0 Å². The van der Waals surface area contributed by atoms with Gasteiger partial charge in [-0.3, -0.25) is 9.59 Å². The van der Waals surface area contributed by atoms with Crippen LogP contribution in [0.1, 0.15) is 18.9 Å². The van der Waals surface area contributed by atoms with Crippen molar-refractivity contribution in [2.24, 2.45) is 0 Å². The van der Waals surface area contributed by atoms with E-state index in [2.05, 4.69) is 5.32 Å². The van der Waals surface area contributed by atoms with Crippen molar-refractivity contribution in [3.05, 3.63) is 48.0 Å². The molecule has 0 atom stereocenters. The predicted molar refractivity (Wildman–Crippen MR) is 106 cm³/mol. The number of nitrogens with zero attached hydrogens (tertiary/aromatic N) is 1. The van der Waals surface area contributed by atoms with Gasteiger partial charge in [0.15, 0.2) is 16.4 Å². The zero-order valence-corrected chi connectivity index (χ0v) is 16.6. The minimum atomic E-state index is -3.67. The molecule has 0 saturated heterocycles. The number of nitrogens with one attached hydrogen (secondary N) is 1. The molecule has 0 aliphatic carbocycles. The highest BCUT2D eigenvalue weighted by Gasteiger charge is 2.23. The summed E-state index contributed by atoms with van der Waals surface area (Å²) in [7, 11) is -3.67. The van der Waals surface area contributed by atoms with Crippen molar-refractivity contribution in [1.82, 2.24) is 0 Å². The largest absolute Gasteiger partial charge is 0.482 e. The van der Waals surface area contributed by atoms with Gasteiger partial charge in [0.05, 0.1) is 16.3 Å². The molecule has 1 N–H and O–H groups in total. The fraction of sp³-hybridized carbons (Fsp3) is 0.300. The number of amides is 2. The number of benzene rings is 2. The first kappa shape index (κ1) is 19.9. The number of ether oxygens (including phenoxy) is 1. The smallest absolute Gasteiger partial charge is 0.262 e. The van der Waals surface area contributed by atoms with Crippen molar-refractivity contribution in [2.75, 3.05) is 29.1 Å². The van der Waals surface area contributed by atoms with Crippen LogP contribution in [0, 0.1) is 6.92 Å². The Morgan fingerprint density at radius 3 is 2.71 bits per heavy atom. The summed E-state index contributed by atoms with van der Waals surface area (Å²) in [6.45, 7) is 4.09. The molecule has 0 unspecified atom stereocenters. The summed E-state index contributed by atoms with van der Waals surface area (Å²) in [4.78, 5) is 25.6. The number of hydrogen-bond acceptors (Lipinski definition) is 5. The minimum Gasteiger partial charge on any atom is -0.482 e. The Labute approximate surface area is 164 Å². The first-order chi connectivity index (χ1) is 13.3. The van der Waals surface area contributed by atoms with E-state index in [0.29, 0.717) is 18.0 Å². The topological polar surface area (TPSA) is 92.8 Å². The number of hydrogen-bond donors (Lipinski definition) is 1. The monoisotopic (exact) mass is 402 g/mol. The van der Waals surface area contributed by atoms with Gasteiger partial charge in [0.1, 0.15) is 5.75 Å². The average Bonchev–Trinajstić information content (AvgIpc) is 2.66. The Bertz CT molecular complexity index is 1020. The Hall–Kier alpha value is -2.87. The van der Waals surface area contributed by atoms with Gasteiger partial charge < -0.3 is 15.0 Å². The van der Waals surface area contributed by atoms with Gasteiger partial charge >= 0.3 is 0 Å². The van der Waals surface area contributed by atoms with Gasteiger partial charge in [-0.05, 0) is 43.7 Å². The van der Waals surface area contributed by atoms with Crippen LogP contribution in [0.2, 0.25) is 0 Å². The van der Waals surface area contributed by atoms with E-state index in [9.17, 15) is 18.0 Å². The van der Waals surface area contributed by atoms with Gasteiger partial charge in [-0.2, -0.15) is 0 Å². The number of anilines is 2. The zero-order chi connectivity index (χ0) is 20.3. The molecule has 7 nitrogen and oxygen atoms in total. The summed E-state index contributed by atoms with van der Waals surface area (Å²) in [5.41, 5.74) is 2.21. The lowest BCUT2D eigenvalue weighted by molar-refractivity contribution is -0.119. The molecule has 1 aliphatic heterocycles. The quantitative estimate of drug-likeness (QED) is 0.802. The Balaban J connectivity index is 1.72. The van der Waals surface area contributed by atoms with Crippen LogP contribution < -0.4 is 15.0 Å². The van der Waals surface area contributed by atoms with Gasteiger partial charge in [0.2, 0.25) is 5.91 Å². The molecule has 1 heterocycles. The van der Waals surface area contributed by atoms with E-state index in [-0.39, 0.29) is 35.5 Å². The summed E-state index contributed by atoms with van der Waals surface area (Å²) in [5.74, 6) is -0.538. The second kappa shape index (κ2) is 8.02. The molecule has 148 valence electrons. The maximum atomic E-state index is 12.7. The average molecular weight is 402 g/mol. The fourth-order valence-corrected chi connectivity index (χ4v) is 4.26. The fourth-order valence-electron chi connectivity index (χ4n) is 3.02. The number of carbonyl (C=O) groups is 2. The zero-order valence-electron chi connectivity index (χ0n) is 15.8. The predicted octanol–water partition coefficient (Wildman–Crippen LogP) is 2.54. The van der Waals surface area contributed by atoms with E-state index in [0.717, 1.165) is 11.3 Å². The highest BCUT2D eigenvalue weighted by atomic mass is 32.2. The van der Waals surface area contributed by atoms with Crippen molar-refractivity contribution >= 4 is 33.0 Å². The van der Waals surface area contributed by atoms with Crippen LogP contribution in [-0.2, 0) is 19.4 Å². The summed E-state index contributed by atoms with van der Waals surface area (Å²) in [6, 6.07) is 11.8. The number of rotatable bonds is 6. The summed E-state index contributed by atoms with van der Waals surface area (Å²) in [5, 5.41) is 2.61. The molecule has 0 aromatic heterocycles. The number of fused-ring (bicyclic) bond motifs is 1. The van der Waals surface area contributed by atoms with Gasteiger partial charge in [-0.25, -0.2) is 8.42 Å². The molecule has 28 heavy (non-hydrogen) atoms. The molecule has 2 aromatic rings. The maximum absolute atomic E-state index is 12.7. The molecule has 0 radical (unpaired) electrons. The van der Waals surface area contributed by atoms with Crippen molar-refractivity contribution < 1.29 is 22.7 Å². The van der Waals surface area contributed by atoms with Crippen LogP contribution in [0.4, 0.5) is 11.4 Å². The lowest BCUT2D eigenvalue weighted by atomic mass is 10.2. The van der Waals surface area contributed by atoms with E-state index < -0.39 is 9.84 Å². The first-order valence-electron chi connectivity index (χ1n) is 8.96. The van der Waals surface area contributed by atoms with Crippen LogP contribution >= 0.6 is 0 Å². The molecule has 0 spiro atoms. The Morgan fingerprint density at radius 1 is 1.21 bits per heavy atom. The third-order valence-electron chi connectivity index (χ3n) is 4.46. The molecular formula is C20H22N2O5S. The number of aryl methyl sites for hydroxylation is 1. The van der Waals surface area contributed by atoms with Gasteiger partial charge in [0, 0.05) is 24.7 Å². The second-order valence-electron chi connectivity index (χ2n) is 6.54. The highest BCUT2D eigenvalue weighted by Crippen LogP contribution is 2.30. The molecule has 0 fully saturated rings.